The van der Waals surface area contributed by atoms with Gasteiger partial charge in [-0.05, 0) is 35.9 Å². The van der Waals surface area contributed by atoms with Gasteiger partial charge in [0.1, 0.15) is 17.3 Å². The minimum Gasteiger partial charge on any atom is -0.497 e. The molecular formula is C19H18O3. The molecule has 0 radical (unpaired) electrons. The van der Waals surface area contributed by atoms with Crippen LogP contribution in [0, 0.1) is 0 Å². The van der Waals surface area contributed by atoms with Crippen molar-refractivity contribution in [2.45, 2.75) is 6.42 Å². The van der Waals surface area contributed by atoms with Gasteiger partial charge in [-0.1, -0.05) is 37.4 Å². The van der Waals surface area contributed by atoms with E-state index < -0.39 is 0 Å². The first-order valence-electron chi connectivity index (χ1n) is 6.88. The smallest absolute Gasteiger partial charge is 0.159 e. The van der Waals surface area contributed by atoms with Crippen molar-refractivity contribution in [3.63, 3.8) is 0 Å². The lowest BCUT2D eigenvalue weighted by Crippen LogP contribution is -1.98. The summed E-state index contributed by atoms with van der Waals surface area (Å²) in [5.74, 6) is 2.01. The molecule has 0 aliphatic carbocycles. The Labute approximate surface area is 130 Å². The molecule has 0 aliphatic heterocycles. The first-order valence-corrected chi connectivity index (χ1v) is 6.88. The number of ketones is 1. The fourth-order valence-corrected chi connectivity index (χ4v) is 1.93. The zero-order chi connectivity index (χ0) is 15.9. The highest BCUT2D eigenvalue weighted by Gasteiger charge is 2.04. The van der Waals surface area contributed by atoms with Gasteiger partial charge in [-0.25, -0.2) is 0 Å². The molecule has 0 bridgehead atoms. The van der Waals surface area contributed by atoms with E-state index in [0.717, 1.165) is 16.9 Å². The molecule has 0 saturated heterocycles. The van der Waals surface area contributed by atoms with Gasteiger partial charge in [0.25, 0.3) is 0 Å². The lowest BCUT2D eigenvalue weighted by Gasteiger charge is -2.10. The van der Waals surface area contributed by atoms with E-state index in [4.69, 9.17) is 9.47 Å². The Hall–Kier alpha value is -2.81. The molecule has 3 nitrogen and oxygen atoms in total. The Morgan fingerprint density at radius 1 is 1.05 bits per heavy atom. The van der Waals surface area contributed by atoms with Crippen LogP contribution in [0.25, 0.3) is 5.76 Å². The molecule has 0 atom stereocenters. The first-order chi connectivity index (χ1) is 10.6. The van der Waals surface area contributed by atoms with Gasteiger partial charge in [0, 0.05) is 12.0 Å². The molecule has 0 N–H and O–H groups in total. The number of carbonyl (C=O) groups excluding carboxylic acids is 1. The molecule has 2 aromatic carbocycles. The lowest BCUT2D eigenvalue weighted by molar-refractivity contribution is -0.114. The number of rotatable bonds is 7. The molecular weight excluding hydrogens is 276 g/mol. The van der Waals surface area contributed by atoms with Crippen molar-refractivity contribution >= 4 is 11.5 Å². The van der Waals surface area contributed by atoms with Crippen LogP contribution in [0.3, 0.4) is 0 Å². The summed E-state index contributed by atoms with van der Waals surface area (Å²) in [5, 5.41) is 0. The molecule has 0 aliphatic rings. The highest BCUT2D eigenvalue weighted by Crippen LogP contribution is 2.22. The zero-order valence-electron chi connectivity index (χ0n) is 12.5. The number of carbonyl (C=O) groups is 1. The van der Waals surface area contributed by atoms with Gasteiger partial charge in [-0.3, -0.25) is 4.79 Å². The van der Waals surface area contributed by atoms with Gasteiger partial charge in [-0.15, -0.1) is 0 Å². The molecule has 0 spiro atoms. The summed E-state index contributed by atoms with van der Waals surface area (Å²) in [4.78, 5) is 11.3. The zero-order valence-corrected chi connectivity index (χ0v) is 12.5. The summed E-state index contributed by atoms with van der Waals surface area (Å²) >= 11 is 0. The Morgan fingerprint density at radius 3 is 2.18 bits per heavy atom. The van der Waals surface area contributed by atoms with Crippen LogP contribution >= 0.6 is 0 Å². The monoisotopic (exact) mass is 294 g/mol. The predicted octanol–water partition coefficient (Wildman–Crippen LogP) is 4.04. The number of ether oxygens (including phenoxy) is 2. The van der Waals surface area contributed by atoms with Crippen LogP contribution in [0.4, 0.5) is 0 Å². The van der Waals surface area contributed by atoms with E-state index in [-0.39, 0.29) is 5.78 Å². The van der Waals surface area contributed by atoms with E-state index in [9.17, 15) is 4.79 Å². The van der Waals surface area contributed by atoms with Crippen LogP contribution < -0.4 is 9.47 Å². The van der Waals surface area contributed by atoms with Crippen molar-refractivity contribution in [2.75, 3.05) is 7.11 Å². The van der Waals surface area contributed by atoms with E-state index in [1.165, 1.54) is 6.08 Å². The van der Waals surface area contributed by atoms with E-state index >= 15 is 0 Å². The molecule has 0 unspecified atom stereocenters. The quantitative estimate of drug-likeness (QED) is 0.571. The summed E-state index contributed by atoms with van der Waals surface area (Å²) in [5.41, 5.74) is 1.80. The number of benzene rings is 2. The van der Waals surface area contributed by atoms with Crippen molar-refractivity contribution in [1.82, 2.24) is 0 Å². The SMILES string of the molecule is C=CC(=O)Cc1ccc(C(=C)Oc2ccc(OC)cc2)cc1. The van der Waals surface area contributed by atoms with Crippen molar-refractivity contribution in [3.8, 4) is 11.5 Å². The highest BCUT2D eigenvalue weighted by molar-refractivity contribution is 5.90. The predicted molar refractivity (Wildman–Crippen MR) is 88.0 cm³/mol. The molecule has 0 fully saturated rings. The van der Waals surface area contributed by atoms with Crippen LogP contribution in [-0.2, 0) is 11.2 Å². The summed E-state index contributed by atoms with van der Waals surface area (Å²) in [6, 6.07) is 14.8. The molecule has 0 amide bonds. The summed E-state index contributed by atoms with van der Waals surface area (Å²) in [7, 11) is 1.62. The minimum atomic E-state index is 0.000981. The van der Waals surface area contributed by atoms with E-state index in [2.05, 4.69) is 13.2 Å². The molecule has 0 saturated carbocycles. The van der Waals surface area contributed by atoms with E-state index in [1.807, 2.05) is 48.5 Å². The van der Waals surface area contributed by atoms with Gasteiger partial charge in [0.2, 0.25) is 0 Å². The maximum absolute atomic E-state index is 11.3. The van der Waals surface area contributed by atoms with Gasteiger partial charge in [0.15, 0.2) is 5.78 Å². The minimum absolute atomic E-state index is 0.000981. The molecule has 0 aromatic heterocycles. The topological polar surface area (TPSA) is 35.5 Å². The maximum atomic E-state index is 11.3. The third-order valence-corrected chi connectivity index (χ3v) is 3.18. The Morgan fingerprint density at radius 2 is 1.64 bits per heavy atom. The molecule has 22 heavy (non-hydrogen) atoms. The second kappa shape index (κ2) is 7.27. The second-order valence-electron chi connectivity index (χ2n) is 4.74. The normalized spacial score (nSPS) is 9.86. The summed E-state index contributed by atoms with van der Waals surface area (Å²) in [6.07, 6.45) is 1.69. The van der Waals surface area contributed by atoms with Crippen molar-refractivity contribution in [3.05, 3.63) is 78.9 Å². The maximum Gasteiger partial charge on any atom is 0.159 e. The van der Waals surface area contributed by atoms with Crippen molar-refractivity contribution in [2.24, 2.45) is 0 Å². The molecule has 112 valence electrons. The number of allylic oxidation sites excluding steroid dienone is 1. The Bertz CT molecular complexity index is 667. The summed E-state index contributed by atoms with van der Waals surface area (Å²) < 4.78 is 10.8. The van der Waals surface area contributed by atoms with Crippen LogP contribution in [-0.4, -0.2) is 12.9 Å². The highest BCUT2D eigenvalue weighted by atomic mass is 16.5. The summed E-state index contributed by atoms with van der Waals surface area (Å²) in [6.45, 7) is 7.40. The average molecular weight is 294 g/mol. The van der Waals surface area contributed by atoms with Crippen LogP contribution in [0.15, 0.2) is 67.8 Å². The van der Waals surface area contributed by atoms with Crippen LogP contribution in [0.2, 0.25) is 0 Å². The Kier molecular flexibility index (Phi) is 5.15. The van der Waals surface area contributed by atoms with E-state index in [1.54, 1.807) is 7.11 Å². The van der Waals surface area contributed by atoms with Gasteiger partial charge in [0.05, 0.1) is 7.11 Å². The third kappa shape index (κ3) is 4.09. The number of methoxy groups -OCH3 is 1. The Balaban J connectivity index is 2.02. The molecule has 3 heteroatoms. The average Bonchev–Trinajstić information content (AvgIpc) is 2.56. The lowest BCUT2D eigenvalue weighted by atomic mass is 10.1. The fourth-order valence-electron chi connectivity index (χ4n) is 1.93. The van der Waals surface area contributed by atoms with Crippen LogP contribution in [0.5, 0.6) is 11.5 Å². The van der Waals surface area contributed by atoms with Gasteiger partial charge < -0.3 is 9.47 Å². The van der Waals surface area contributed by atoms with Gasteiger partial charge >= 0.3 is 0 Å². The fraction of sp³-hybridized carbons (Fsp3) is 0.105. The standard InChI is InChI=1S/C19H18O3/c1-4-17(20)13-15-5-7-16(8-6-15)14(2)22-19-11-9-18(21-3)10-12-19/h4-12H,1-2,13H2,3H3. The largest absolute Gasteiger partial charge is 0.497 e. The number of hydrogen-bond donors (Lipinski definition) is 0. The van der Waals surface area contributed by atoms with Crippen molar-refractivity contribution in [1.29, 1.82) is 0 Å². The molecule has 2 rings (SSSR count). The van der Waals surface area contributed by atoms with Crippen LogP contribution in [0.1, 0.15) is 11.1 Å². The molecule has 2 aromatic rings. The second-order valence-corrected chi connectivity index (χ2v) is 4.74. The number of hydrogen-bond acceptors (Lipinski definition) is 3. The first kappa shape index (κ1) is 15.6. The molecule has 0 heterocycles. The van der Waals surface area contributed by atoms with Gasteiger partial charge in [-0.2, -0.15) is 0 Å². The third-order valence-electron chi connectivity index (χ3n) is 3.18. The van der Waals surface area contributed by atoms with E-state index in [0.29, 0.717) is 17.9 Å². The van der Waals surface area contributed by atoms with Crippen molar-refractivity contribution < 1.29 is 14.3 Å².